The molecule has 0 bridgehead atoms. The molecule has 1 aromatic carbocycles. The van der Waals surface area contributed by atoms with Crippen LogP contribution < -0.4 is 15.4 Å². The van der Waals surface area contributed by atoms with Gasteiger partial charge in [-0.2, -0.15) is 8.78 Å². The van der Waals surface area contributed by atoms with Gasteiger partial charge in [0, 0.05) is 6.54 Å². The number of benzene rings is 1. The largest absolute Gasteiger partial charge is 0.444 e. The Morgan fingerprint density at radius 3 is 1.77 bits per heavy atom. The molecule has 0 unspecified atom stereocenters. The van der Waals surface area contributed by atoms with Gasteiger partial charge < -0.3 is 20.1 Å². The monoisotopic (exact) mass is 450 g/mol. The van der Waals surface area contributed by atoms with E-state index in [9.17, 15) is 31.9 Å². The van der Waals surface area contributed by atoms with Gasteiger partial charge in [0.05, 0.1) is 0 Å². The summed E-state index contributed by atoms with van der Waals surface area (Å²) in [4.78, 5) is 36.3. The molecule has 2 N–H and O–H groups in total. The van der Waals surface area contributed by atoms with E-state index in [4.69, 9.17) is 4.74 Å². The number of amides is 2. The number of carbonyl (C=O) groups excluding carboxylic acids is 3. The molecule has 0 aliphatic heterocycles. The molecule has 1 aromatic rings. The molecule has 1 atom stereocenters. The van der Waals surface area contributed by atoms with E-state index in [1.165, 1.54) is 27.7 Å². The van der Waals surface area contributed by atoms with Gasteiger partial charge in [-0.1, -0.05) is 20.8 Å². The zero-order valence-electron chi connectivity index (χ0n) is 18.3. The maximum absolute atomic E-state index is 14.4. The minimum absolute atomic E-state index is 0.0543. The molecule has 31 heavy (non-hydrogen) atoms. The van der Waals surface area contributed by atoms with Crippen LogP contribution in [0.15, 0.2) is 0 Å². The lowest BCUT2D eigenvalue weighted by Gasteiger charge is -2.30. The summed E-state index contributed by atoms with van der Waals surface area (Å²) in [5.74, 6) is -12.7. The molecule has 11 heteroatoms. The van der Waals surface area contributed by atoms with Gasteiger partial charge in [-0.05, 0) is 33.1 Å². The fraction of sp³-hybridized carbons (Fsp3) is 0.550. The summed E-state index contributed by atoms with van der Waals surface area (Å²) in [6.07, 6.45) is -1.02. The first-order valence-corrected chi connectivity index (χ1v) is 9.36. The summed E-state index contributed by atoms with van der Waals surface area (Å²) >= 11 is 0. The Morgan fingerprint density at radius 2 is 1.39 bits per heavy atom. The van der Waals surface area contributed by atoms with Crippen molar-refractivity contribution in [2.75, 3.05) is 6.54 Å². The third-order valence-corrected chi connectivity index (χ3v) is 3.75. The third-order valence-electron chi connectivity index (χ3n) is 3.75. The molecule has 7 nitrogen and oxygen atoms in total. The summed E-state index contributed by atoms with van der Waals surface area (Å²) in [7, 11) is 0. The van der Waals surface area contributed by atoms with E-state index in [-0.39, 0.29) is 6.54 Å². The number of hydrogen-bond donors (Lipinski definition) is 2. The number of carbonyl (C=O) groups is 3. The average molecular weight is 450 g/mol. The molecule has 0 fully saturated rings. The van der Waals surface area contributed by atoms with E-state index < -0.39 is 69.6 Å². The lowest BCUT2D eigenvalue weighted by atomic mass is 9.87. The van der Waals surface area contributed by atoms with Crippen molar-refractivity contribution in [2.45, 2.75) is 60.1 Å². The Morgan fingerprint density at radius 1 is 0.903 bits per heavy atom. The molecule has 0 aromatic heterocycles. The second kappa shape index (κ2) is 9.52. The van der Waals surface area contributed by atoms with Crippen LogP contribution in [-0.2, 0) is 9.53 Å². The molecule has 0 heterocycles. The molecule has 0 aliphatic rings. The van der Waals surface area contributed by atoms with E-state index in [0.717, 1.165) is 0 Å². The molecule has 0 radical (unpaired) electrons. The van der Waals surface area contributed by atoms with Crippen molar-refractivity contribution >= 4 is 18.0 Å². The highest BCUT2D eigenvalue weighted by Gasteiger charge is 2.38. The molecule has 0 saturated heterocycles. The predicted molar refractivity (Wildman–Crippen MR) is 103 cm³/mol. The van der Waals surface area contributed by atoms with Gasteiger partial charge in [-0.3, -0.25) is 4.79 Å². The number of rotatable bonds is 5. The second-order valence-corrected chi connectivity index (χ2v) is 8.69. The van der Waals surface area contributed by atoms with Crippen LogP contribution in [0.4, 0.5) is 22.4 Å². The molecule has 0 aliphatic carbocycles. The zero-order valence-corrected chi connectivity index (χ0v) is 18.3. The summed E-state index contributed by atoms with van der Waals surface area (Å²) in [6.45, 7) is 10.6. The average Bonchev–Trinajstić information content (AvgIpc) is 2.59. The first kappa shape index (κ1) is 26.2. The Kier molecular flexibility index (Phi) is 8.05. The SMILES string of the molecule is CCNC(=O)c1c(F)c(F)c(OC(=O)[C@@H](NC(=O)OC(C)(C)C)C(C)(C)C)c(F)c1F. The topological polar surface area (TPSA) is 93.7 Å². The van der Waals surface area contributed by atoms with Crippen molar-refractivity contribution in [3.63, 3.8) is 0 Å². The van der Waals surface area contributed by atoms with E-state index >= 15 is 0 Å². The lowest BCUT2D eigenvalue weighted by Crippen LogP contribution is -2.52. The predicted octanol–water partition coefficient (Wildman–Crippen LogP) is 3.84. The van der Waals surface area contributed by atoms with Crippen LogP contribution in [0.25, 0.3) is 0 Å². The zero-order chi connectivity index (χ0) is 24.3. The molecule has 2 amide bonds. The number of ether oxygens (including phenoxy) is 2. The third kappa shape index (κ3) is 6.56. The lowest BCUT2D eigenvalue weighted by molar-refractivity contribution is -0.140. The van der Waals surface area contributed by atoms with Crippen molar-refractivity contribution in [1.82, 2.24) is 10.6 Å². The van der Waals surface area contributed by atoms with Crippen LogP contribution in [0.5, 0.6) is 5.75 Å². The Bertz CT molecular complexity index is 847. The number of hydrogen-bond acceptors (Lipinski definition) is 5. The smallest absolute Gasteiger partial charge is 0.408 e. The molecular weight excluding hydrogens is 424 g/mol. The van der Waals surface area contributed by atoms with Crippen LogP contribution in [0.3, 0.4) is 0 Å². The van der Waals surface area contributed by atoms with Gasteiger partial charge in [0.2, 0.25) is 17.4 Å². The van der Waals surface area contributed by atoms with Crippen LogP contribution >= 0.6 is 0 Å². The molecule has 1 rings (SSSR count). The standard InChI is InChI=1S/C20H26F4N2O5/c1-8-25-16(27)9-10(21)12(23)14(13(24)11(9)22)30-17(28)15(19(2,3)4)26-18(29)31-20(5,6)7/h15H,8H2,1-7H3,(H,25,27)(H,26,29)/t15-/m1/s1. The minimum Gasteiger partial charge on any atom is -0.444 e. The maximum atomic E-state index is 14.4. The highest BCUT2D eigenvalue weighted by molar-refractivity contribution is 5.95. The van der Waals surface area contributed by atoms with Gasteiger partial charge in [0.1, 0.15) is 17.2 Å². The van der Waals surface area contributed by atoms with Crippen molar-refractivity contribution in [1.29, 1.82) is 0 Å². The number of nitrogens with one attached hydrogen (secondary N) is 2. The van der Waals surface area contributed by atoms with E-state index in [1.807, 2.05) is 5.32 Å². The Labute approximate surface area is 177 Å². The van der Waals surface area contributed by atoms with Crippen LogP contribution in [0, 0.1) is 28.7 Å². The van der Waals surface area contributed by atoms with Gasteiger partial charge in [-0.15, -0.1) is 0 Å². The fourth-order valence-electron chi connectivity index (χ4n) is 2.36. The molecule has 0 saturated carbocycles. The van der Waals surface area contributed by atoms with Crippen molar-refractivity contribution < 1.29 is 41.4 Å². The number of alkyl carbamates (subject to hydrolysis) is 1. The van der Waals surface area contributed by atoms with Gasteiger partial charge >= 0.3 is 12.1 Å². The highest BCUT2D eigenvalue weighted by Crippen LogP contribution is 2.31. The van der Waals surface area contributed by atoms with Crippen LogP contribution in [0.1, 0.15) is 58.8 Å². The first-order valence-electron chi connectivity index (χ1n) is 9.36. The fourth-order valence-corrected chi connectivity index (χ4v) is 2.36. The Balaban J connectivity index is 3.31. The summed E-state index contributed by atoms with van der Waals surface area (Å²) < 4.78 is 66.8. The van der Waals surface area contributed by atoms with E-state index in [1.54, 1.807) is 20.8 Å². The summed E-state index contributed by atoms with van der Waals surface area (Å²) in [5, 5.41) is 4.23. The molecular formula is C20H26F4N2O5. The molecule has 0 spiro atoms. The summed E-state index contributed by atoms with van der Waals surface area (Å²) in [6, 6.07) is -1.50. The maximum Gasteiger partial charge on any atom is 0.408 e. The number of halogens is 4. The van der Waals surface area contributed by atoms with Crippen LogP contribution in [-0.4, -0.2) is 36.2 Å². The second-order valence-electron chi connectivity index (χ2n) is 8.69. The quantitative estimate of drug-likeness (QED) is 0.308. The molecule has 174 valence electrons. The van der Waals surface area contributed by atoms with Crippen LogP contribution in [0.2, 0.25) is 0 Å². The minimum atomic E-state index is -2.07. The Hall–Kier alpha value is -2.85. The number of esters is 1. The van der Waals surface area contributed by atoms with Gasteiger partial charge in [0.25, 0.3) is 5.91 Å². The highest BCUT2D eigenvalue weighted by atomic mass is 19.2. The van der Waals surface area contributed by atoms with Gasteiger partial charge in [0.15, 0.2) is 11.6 Å². The van der Waals surface area contributed by atoms with Crippen molar-refractivity contribution in [3.05, 3.63) is 28.8 Å². The van der Waals surface area contributed by atoms with Gasteiger partial charge in [-0.25, -0.2) is 18.4 Å². The first-order chi connectivity index (χ1) is 14.0. The summed E-state index contributed by atoms with van der Waals surface area (Å²) in [5.41, 5.74) is -3.44. The van der Waals surface area contributed by atoms with E-state index in [2.05, 4.69) is 10.1 Å². The van der Waals surface area contributed by atoms with Crippen molar-refractivity contribution in [3.8, 4) is 5.75 Å². The van der Waals surface area contributed by atoms with E-state index in [0.29, 0.717) is 0 Å². The normalized spacial score (nSPS) is 12.7. The van der Waals surface area contributed by atoms with Crippen molar-refractivity contribution in [2.24, 2.45) is 5.41 Å².